The van der Waals surface area contributed by atoms with Crippen molar-refractivity contribution in [3.63, 3.8) is 0 Å². The molecule has 0 fully saturated rings. The van der Waals surface area contributed by atoms with Gasteiger partial charge in [-0.05, 0) is 49.0 Å². The van der Waals surface area contributed by atoms with Crippen LogP contribution in [0.15, 0.2) is 120 Å². The van der Waals surface area contributed by atoms with Crippen molar-refractivity contribution in [2.45, 2.75) is 6.92 Å². The summed E-state index contributed by atoms with van der Waals surface area (Å²) in [7, 11) is 0. The maximum atomic E-state index is 6.17. The Bertz CT molecular complexity index is 2070. The van der Waals surface area contributed by atoms with Crippen LogP contribution in [0.4, 0.5) is 0 Å². The zero-order chi connectivity index (χ0) is 27.6. The van der Waals surface area contributed by atoms with Crippen LogP contribution in [0.2, 0.25) is 0 Å². The van der Waals surface area contributed by atoms with Crippen LogP contribution in [0.25, 0.3) is 61.6 Å². The van der Waals surface area contributed by atoms with Gasteiger partial charge in [-0.25, -0.2) is 4.98 Å². The van der Waals surface area contributed by atoms with Crippen molar-refractivity contribution >= 4 is 33.2 Å². The molecule has 0 spiro atoms. The molecule has 5 heterocycles. The van der Waals surface area contributed by atoms with E-state index in [0.717, 1.165) is 44.5 Å². The molecule has 42 heavy (non-hydrogen) atoms. The van der Waals surface area contributed by atoms with Crippen molar-refractivity contribution in [2.75, 3.05) is 0 Å². The molecule has 0 unspecified atom stereocenters. The number of aryl methyl sites for hydroxylation is 1. The van der Waals surface area contributed by atoms with Gasteiger partial charge in [-0.15, -0.1) is 59.2 Å². The average molecular weight is 723 g/mol. The number of fused-ring (bicyclic) bond motifs is 4. The van der Waals surface area contributed by atoms with Gasteiger partial charge in [0.25, 0.3) is 0 Å². The van der Waals surface area contributed by atoms with Crippen molar-refractivity contribution < 1.29 is 24.5 Å². The zero-order valence-electron chi connectivity index (χ0n) is 22.4. The molecule has 8 heteroatoms. The molecule has 0 saturated heterocycles. The van der Waals surface area contributed by atoms with Gasteiger partial charge in [0.1, 0.15) is 5.52 Å². The van der Waals surface area contributed by atoms with Gasteiger partial charge < -0.3 is 14.0 Å². The maximum absolute atomic E-state index is 6.17. The third-order valence-corrected chi connectivity index (χ3v) is 6.66. The summed E-state index contributed by atoms with van der Waals surface area (Å²) in [6, 6.07) is 39.9. The predicted molar refractivity (Wildman–Crippen MR) is 159 cm³/mol. The topological polar surface area (TPSA) is 82.5 Å². The van der Waals surface area contributed by atoms with Gasteiger partial charge in [0.15, 0.2) is 5.65 Å². The summed E-state index contributed by atoms with van der Waals surface area (Å²) in [6.07, 6.45) is 3.43. The van der Waals surface area contributed by atoms with Crippen LogP contribution >= 0.6 is 0 Å². The second kappa shape index (κ2) is 11.8. The van der Waals surface area contributed by atoms with E-state index in [-0.39, 0.29) is 20.1 Å². The second-order valence-corrected chi connectivity index (χ2v) is 9.34. The fourth-order valence-corrected chi connectivity index (χ4v) is 4.77. The Kier molecular flexibility index (Phi) is 7.64. The summed E-state index contributed by atoms with van der Waals surface area (Å²) in [4.78, 5) is 13.6. The molecule has 8 aromatic rings. The molecule has 0 atom stereocenters. The number of furan rings is 1. The molecule has 0 aliphatic carbocycles. The third-order valence-electron chi connectivity index (χ3n) is 6.66. The minimum atomic E-state index is 0. The Labute approximate surface area is 255 Å². The summed E-state index contributed by atoms with van der Waals surface area (Å²) < 4.78 is 8.16. The van der Waals surface area contributed by atoms with Gasteiger partial charge in [0.05, 0.1) is 17.6 Å². The molecule has 5 aromatic heterocycles. The molecule has 0 aliphatic rings. The van der Waals surface area contributed by atoms with Crippen LogP contribution in [0, 0.1) is 19.1 Å². The molecule has 0 N–H and O–H groups in total. The fraction of sp³-hybridized carbons (Fsp3) is 0.0294. The molecule has 3 aromatic carbocycles. The largest absolute Gasteiger partial charge is 0.486 e. The monoisotopic (exact) mass is 723 g/mol. The van der Waals surface area contributed by atoms with E-state index in [2.05, 4.69) is 32.3 Å². The summed E-state index contributed by atoms with van der Waals surface area (Å²) in [5.74, 6) is 0.702. The first kappa shape index (κ1) is 27.1. The van der Waals surface area contributed by atoms with E-state index in [4.69, 9.17) is 9.40 Å². The van der Waals surface area contributed by atoms with Gasteiger partial charge in [0, 0.05) is 43.1 Å². The van der Waals surface area contributed by atoms with Crippen LogP contribution in [-0.4, -0.2) is 29.7 Å². The van der Waals surface area contributed by atoms with Crippen molar-refractivity contribution in [3.05, 3.63) is 133 Å². The summed E-state index contributed by atoms with van der Waals surface area (Å²) in [5.41, 5.74) is 7.40. The number of benzene rings is 3. The molecular formula is C34H22IrN6O-2. The van der Waals surface area contributed by atoms with Crippen molar-refractivity contribution in [1.29, 1.82) is 0 Å². The number of hydrogen-bond donors (Lipinski definition) is 0. The van der Waals surface area contributed by atoms with Crippen LogP contribution < -0.4 is 0 Å². The molecule has 205 valence electrons. The van der Waals surface area contributed by atoms with E-state index in [9.17, 15) is 0 Å². The van der Waals surface area contributed by atoms with E-state index < -0.39 is 0 Å². The second-order valence-electron chi connectivity index (χ2n) is 9.34. The molecule has 0 aliphatic heterocycles. The van der Waals surface area contributed by atoms with Crippen molar-refractivity contribution in [1.82, 2.24) is 29.7 Å². The maximum Gasteiger partial charge on any atom is 0.216 e. The molecular weight excluding hydrogens is 701 g/mol. The van der Waals surface area contributed by atoms with Gasteiger partial charge in [-0.2, -0.15) is 5.10 Å². The predicted octanol–water partition coefficient (Wildman–Crippen LogP) is 7.43. The fourth-order valence-electron chi connectivity index (χ4n) is 4.77. The molecule has 1 radical (unpaired) electrons. The number of pyridine rings is 2. The van der Waals surface area contributed by atoms with E-state index in [1.807, 2.05) is 115 Å². The van der Waals surface area contributed by atoms with Gasteiger partial charge in [-0.1, -0.05) is 41.3 Å². The van der Waals surface area contributed by atoms with Crippen molar-refractivity contribution in [2.24, 2.45) is 0 Å². The average Bonchev–Trinajstić information content (AvgIpc) is 3.61. The normalized spacial score (nSPS) is 10.8. The van der Waals surface area contributed by atoms with Crippen molar-refractivity contribution in [3.8, 4) is 28.3 Å². The van der Waals surface area contributed by atoms with E-state index in [0.29, 0.717) is 22.8 Å². The summed E-state index contributed by atoms with van der Waals surface area (Å²) in [5, 5.41) is 10.4. The summed E-state index contributed by atoms with van der Waals surface area (Å²) >= 11 is 0. The standard InChI is InChI=1S/C23H14N5O.C11H8N.Ir/c1-14-10-11-17-16-8-5-9-18(20(16)29-23(17)25-14)21-26-19-12-13-24-27-22(19)28(21)15-6-3-2-4-7-15;1-2-6-10(7-3-1)11-8-4-5-9-12-11;/h2-8,10-13H,1H3;1-6,8-9H;/q2*-1;. The number of rotatable bonds is 3. The van der Waals surface area contributed by atoms with E-state index in [1.54, 1.807) is 12.4 Å². The first-order valence-electron chi connectivity index (χ1n) is 13.1. The van der Waals surface area contributed by atoms with Crippen LogP contribution in [0.5, 0.6) is 0 Å². The van der Waals surface area contributed by atoms with E-state index in [1.165, 1.54) is 0 Å². The van der Waals surface area contributed by atoms with Crippen LogP contribution in [0.1, 0.15) is 5.69 Å². The molecule has 0 amide bonds. The minimum Gasteiger partial charge on any atom is -0.486 e. The Hall–Kier alpha value is -5.04. The smallest absolute Gasteiger partial charge is 0.216 e. The number of aromatic nitrogens is 6. The SMILES string of the molecule is Cc1ccc2c(n1)oc1c(-c3nc4ccnnc4n3-c3ccccc3)[c-]ccc12.[Ir].[c-]1ccccc1-c1ccccn1. The Morgan fingerprint density at radius 1 is 0.738 bits per heavy atom. The Morgan fingerprint density at radius 3 is 2.40 bits per heavy atom. The number of nitrogens with zero attached hydrogens (tertiary/aromatic N) is 6. The molecule has 0 saturated carbocycles. The summed E-state index contributed by atoms with van der Waals surface area (Å²) in [6.45, 7) is 1.95. The first-order valence-corrected chi connectivity index (χ1v) is 13.1. The first-order chi connectivity index (χ1) is 20.3. The van der Waals surface area contributed by atoms with Gasteiger partial charge in [-0.3, -0.25) is 4.98 Å². The molecule has 0 bridgehead atoms. The van der Waals surface area contributed by atoms with Crippen LogP contribution in [-0.2, 0) is 20.1 Å². The molecule has 8 rings (SSSR count). The number of hydrogen-bond acceptors (Lipinski definition) is 6. The quantitative estimate of drug-likeness (QED) is 0.177. The van der Waals surface area contributed by atoms with Crippen LogP contribution in [0.3, 0.4) is 0 Å². The number of imidazole rings is 1. The third kappa shape index (κ3) is 5.09. The molecule has 7 nitrogen and oxygen atoms in total. The van der Waals surface area contributed by atoms with Gasteiger partial charge >= 0.3 is 0 Å². The number of para-hydroxylation sites is 1. The minimum absolute atomic E-state index is 0. The van der Waals surface area contributed by atoms with E-state index >= 15 is 0 Å². The Morgan fingerprint density at radius 2 is 1.60 bits per heavy atom. The van der Waals surface area contributed by atoms with Gasteiger partial charge in [0.2, 0.25) is 5.71 Å². The Balaban J connectivity index is 0.000000205. The zero-order valence-corrected chi connectivity index (χ0v) is 24.8.